The van der Waals surface area contributed by atoms with Crippen molar-refractivity contribution in [2.24, 2.45) is 0 Å². The number of hydrogen-bond acceptors (Lipinski definition) is 1. The number of carbonyl (C=O) groups excluding carboxylic acids is 1. The van der Waals surface area contributed by atoms with E-state index in [0.717, 1.165) is 5.69 Å². The smallest absolute Gasteiger partial charge is 0.256 e. The molecule has 2 heteroatoms. The number of benzene rings is 2. The van der Waals surface area contributed by atoms with Crippen LogP contribution in [-0.4, -0.2) is 5.91 Å². The molecule has 0 heterocycles. The van der Waals surface area contributed by atoms with E-state index in [1.54, 1.807) is 12.1 Å². The van der Waals surface area contributed by atoms with Crippen LogP contribution < -0.4 is 5.32 Å². The van der Waals surface area contributed by atoms with E-state index in [1.165, 1.54) is 5.56 Å². The fourth-order valence-electron chi connectivity index (χ4n) is 1.37. The van der Waals surface area contributed by atoms with Crippen molar-refractivity contribution < 1.29 is 4.79 Å². The average Bonchev–Trinajstić information content (AvgIpc) is 2.33. The van der Waals surface area contributed by atoms with E-state index >= 15 is 0 Å². The second-order valence-corrected chi connectivity index (χ2v) is 3.60. The van der Waals surface area contributed by atoms with Crippen LogP contribution in [0.2, 0.25) is 0 Å². The third-order valence-corrected chi connectivity index (χ3v) is 2.26. The first-order valence-corrected chi connectivity index (χ1v) is 5.10. The summed E-state index contributed by atoms with van der Waals surface area (Å²) in [6, 6.07) is 17.7. The van der Waals surface area contributed by atoms with E-state index in [4.69, 9.17) is 0 Å². The minimum Gasteiger partial charge on any atom is -0.322 e. The molecule has 0 spiro atoms. The summed E-state index contributed by atoms with van der Waals surface area (Å²) in [6.07, 6.45) is 0. The van der Waals surface area contributed by atoms with Gasteiger partial charge in [-0.25, -0.2) is 0 Å². The molecule has 0 aliphatic carbocycles. The predicted octanol–water partition coefficient (Wildman–Crippen LogP) is 3.05. The quantitative estimate of drug-likeness (QED) is 0.811. The molecule has 0 saturated carbocycles. The van der Waals surface area contributed by atoms with Gasteiger partial charge < -0.3 is 5.32 Å². The summed E-state index contributed by atoms with van der Waals surface area (Å²) in [6.45, 7) is 2.01. The summed E-state index contributed by atoms with van der Waals surface area (Å²) >= 11 is 0. The first kappa shape index (κ1) is 10.4. The van der Waals surface area contributed by atoms with Crippen LogP contribution in [0.15, 0.2) is 48.5 Å². The monoisotopic (exact) mass is 210 g/mol. The first-order valence-electron chi connectivity index (χ1n) is 5.10. The summed E-state index contributed by atoms with van der Waals surface area (Å²) in [4.78, 5) is 11.8. The molecule has 0 aromatic heterocycles. The second kappa shape index (κ2) is 4.62. The Morgan fingerprint density at radius 3 is 2.50 bits per heavy atom. The third kappa shape index (κ3) is 2.48. The van der Waals surface area contributed by atoms with Gasteiger partial charge in [-0.05, 0) is 31.2 Å². The Morgan fingerprint density at radius 2 is 1.88 bits per heavy atom. The van der Waals surface area contributed by atoms with Crippen molar-refractivity contribution in [3.63, 3.8) is 0 Å². The molecular weight excluding hydrogens is 198 g/mol. The van der Waals surface area contributed by atoms with Gasteiger partial charge in [-0.3, -0.25) is 4.79 Å². The number of hydrogen-bond donors (Lipinski definition) is 1. The summed E-state index contributed by atoms with van der Waals surface area (Å²) < 4.78 is 0. The van der Waals surface area contributed by atoms with Crippen molar-refractivity contribution in [2.45, 2.75) is 6.92 Å². The Morgan fingerprint density at radius 1 is 1.12 bits per heavy atom. The fraction of sp³-hybridized carbons (Fsp3) is 0.0714. The highest BCUT2D eigenvalue weighted by atomic mass is 16.1. The first-order chi connectivity index (χ1) is 7.75. The second-order valence-electron chi connectivity index (χ2n) is 3.60. The molecule has 1 amide bonds. The Kier molecular flexibility index (Phi) is 3.01. The summed E-state index contributed by atoms with van der Waals surface area (Å²) in [5.41, 5.74) is 2.51. The molecule has 0 saturated heterocycles. The molecule has 0 atom stereocenters. The van der Waals surface area contributed by atoms with Gasteiger partial charge in [0.15, 0.2) is 0 Å². The maximum Gasteiger partial charge on any atom is 0.256 e. The van der Waals surface area contributed by atoms with Crippen LogP contribution in [0.3, 0.4) is 0 Å². The zero-order chi connectivity index (χ0) is 11.4. The van der Waals surface area contributed by atoms with Gasteiger partial charge in [0.25, 0.3) is 5.91 Å². The minimum absolute atomic E-state index is 0.135. The SMILES string of the molecule is Cc1ccc(NC(=O)c2[c]cccc2)cc1. The molecule has 2 aromatic rings. The van der Waals surface area contributed by atoms with Gasteiger partial charge in [-0.1, -0.05) is 35.9 Å². The maximum absolute atomic E-state index is 11.8. The summed E-state index contributed by atoms with van der Waals surface area (Å²) in [7, 11) is 0. The Hall–Kier alpha value is -2.09. The molecule has 2 aromatic carbocycles. The lowest BCUT2D eigenvalue weighted by atomic mass is 10.2. The van der Waals surface area contributed by atoms with Crippen LogP contribution in [0.5, 0.6) is 0 Å². The molecule has 2 rings (SSSR count). The van der Waals surface area contributed by atoms with Crippen molar-refractivity contribution >= 4 is 11.6 Å². The number of aryl methyl sites for hydroxylation is 1. The lowest BCUT2D eigenvalue weighted by molar-refractivity contribution is 0.102. The van der Waals surface area contributed by atoms with E-state index in [1.807, 2.05) is 43.3 Å². The molecule has 79 valence electrons. The number of nitrogens with one attached hydrogen (secondary N) is 1. The highest BCUT2D eigenvalue weighted by Gasteiger charge is 2.04. The maximum atomic E-state index is 11.8. The lowest BCUT2D eigenvalue weighted by Gasteiger charge is -2.04. The molecule has 1 radical (unpaired) electrons. The molecule has 1 N–H and O–H groups in total. The molecule has 0 fully saturated rings. The summed E-state index contributed by atoms with van der Waals surface area (Å²) in [5.74, 6) is -0.135. The zero-order valence-corrected chi connectivity index (χ0v) is 9.03. The molecule has 0 aliphatic rings. The topological polar surface area (TPSA) is 29.1 Å². The van der Waals surface area contributed by atoms with Crippen LogP contribution in [0.1, 0.15) is 15.9 Å². The van der Waals surface area contributed by atoms with E-state index in [-0.39, 0.29) is 5.91 Å². The molecule has 16 heavy (non-hydrogen) atoms. The predicted molar refractivity (Wildman–Crippen MR) is 64.4 cm³/mol. The highest BCUT2D eigenvalue weighted by Crippen LogP contribution is 2.10. The van der Waals surface area contributed by atoms with Crippen molar-refractivity contribution in [3.8, 4) is 0 Å². The van der Waals surface area contributed by atoms with Crippen LogP contribution in [-0.2, 0) is 0 Å². The van der Waals surface area contributed by atoms with Gasteiger partial charge in [0.05, 0.1) is 0 Å². The Bertz CT molecular complexity index is 474. The Labute approximate surface area is 94.9 Å². The largest absolute Gasteiger partial charge is 0.322 e. The van der Waals surface area contributed by atoms with Crippen molar-refractivity contribution in [3.05, 3.63) is 65.7 Å². The third-order valence-electron chi connectivity index (χ3n) is 2.26. The number of anilines is 1. The van der Waals surface area contributed by atoms with Gasteiger partial charge in [0, 0.05) is 11.3 Å². The number of carbonyl (C=O) groups is 1. The molecule has 0 bridgehead atoms. The normalized spacial score (nSPS) is 9.81. The molecule has 0 unspecified atom stereocenters. The van der Waals surface area contributed by atoms with E-state index in [0.29, 0.717) is 5.56 Å². The van der Waals surface area contributed by atoms with Crippen molar-refractivity contribution in [1.29, 1.82) is 0 Å². The minimum atomic E-state index is -0.135. The fourth-order valence-corrected chi connectivity index (χ4v) is 1.37. The van der Waals surface area contributed by atoms with Crippen LogP contribution in [0.25, 0.3) is 0 Å². The highest BCUT2D eigenvalue weighted by molar-refractivity contribution is 6.03. The van der Waals surface area contributed by atoms with Crippen LogP contribution in [0, 0.1) is 13.0 Å². The number of rotatable bonds is 2. The van der Waals surface area contributed by atoms with E-state index in [9.17, 15) is 4.79 Å². The zero-order valence-electron chi connectivity index (χ0n) is 9.03. The van der Waals surface area contributed by atoms with Gasteiger partial charge in [0.1, 0.15) is 0 Å². The average molecular weight is 210 g/mol. The summed E-state index contributed by atoms with van der Waals surface area (Å²) in [5, 5.41) is 2.82. The Balaban J connectivity index is 2.11. The van der Waals surface area contributed by atoms with E-state index < -0.39 is 0 Å². The number of amides is 1. The lowest BCUT2D eigenvalue weighted by Crippen LogP contribution is -2.11. The van der Waals surface area contributed by atoms with Gasteiger partial charge >= 0.3 is 0 Å². The molecule has 2 nitrogen and oxygen atoms in total. The van der Waals surface area contributed by atoms with Gasteiger partial charge in [0.2, 0.25) is 0 Å². The van der Waals surface area contributed by atoms with Crippen LogP contribution in [0.4, 0.5) is 5.69 Å². The van der Waals surface area contributed by atoms with Crippen molar-refractivity contribution in [2.75, 3.05) is 5.32 Å². The molecular formula is C14H12NO. The van der Waals surface area contributed by atoms with Crippen molar-refractivity contribution in [1.82, 2.24) is 0 Å². The van der Waals surface area contributed by atoms with E-state index in [2.05, 4.69) is 11.4 Å². The standard InChI is InChI=1S/C14H12NO/c1-11-7-9-13(10-8-11)15-14(16)12-5-3-2-4-6-12/h2-5,7-10H,1H3,(H,15,16). The van der Waals surface area contributed by atoms with Gasteiger partial charge in [-0.15, -0.1) is 0 Å². The molecule has 0 aliphatic heterocycles. The van der Waals surface area contributed by atoms with Gasteiger partial charge in [-0.2, -0.15) is 0 Å². The van der Waals surface area contributed by atoms with Crippen LogP contribution >= 0.6 is 0 Å².